The number of fused-ring (bicyclic) bond motifs is 1. The lowest BCUT2D eigenvalue weighted by Gasteiger charge is -2.41. The fourth-order valence-electron chi connectivity index (χ4n) is 8.96. The van der Waals surface area contributed by atoms with Crippen LogP contribution in [0, 0.1) is 0 Å². The van der Waals surface area contributed by atoms with Crippen molar-refractivity contribution < 1.29 is 68.9 Å². The van der Waals surface area contributed by atoms with Gasteiger partial charge in [0.2, 0.25) is 0 Å². The van der Waals surface area contributed by atoms with Gasteiger partial charge >= 0.3 is 21.0 Å². The van der Waals surface area contributed by atoms with Crippen molar-refractivity contribution in [3.8, 4) is 0 Å². The first-order chi connectivity index (χ1) is 36.1. The van der Waals surface area contributed by atoms with Gasteiger partial charge in [-0.1, -0.05) is 76.0 Å². The molecule has 1 aromatic carbocycles. The van der Waals surface area contributed by atoms with Gasteiger partial charge in [-0.05, 0) is 92.0 Å². The number of rotatable bonds is 28. The van der Waals surface area contributed by atoms with E-state index in [2.05, 4.69) is 86.9 Å². The maximum Gasteiger partial charge on any atom is 0.658 e. The SMILES string of the molecule is COP(O[C@H]1[C@@H](OC(OCCOC(C)=O)OCCOC(C)=O)[C@H](n2cnc3c(NC(=O)c4ccccc4)ncnc32)O[C@@H]1CO[Si](OC1CCCCCCCCCCC1)(O[Si](C)(C)C)O[Si](C)(C)C)N(C(C)C)C(C)C. The van der Waals surface area contributed by atoms with Crippen LogP contribution in [0.3, 0.4) is 0 Å². The second kappa shape index (κ2) is 31.0. The highest BCUT2D eigenvalue weighted by atomic mass is 31.2. The number of anilines is 1. The van der Waals surface area contributed by atoms with Crippen molar-refractivity contribution in [2.24, 2.45) is 0 Å². The van der Waals surface area contributed by atoms with Crippen molar-refractivity contribution in [3.63, 3.8) is 0 Å². The van der Waals surface area contributed by atoms with E-state index in [0.29, 0.717) is 11.2 Å². The molecule has 428 valence electrons. The maximum absolute atomic E-state index is 13.5. The molecule has 1 saturated carbocycles. The summed E-state index contributed by atoms with van der Waals surface area (Å²) in [5, 5.41) is 2.89. The largest absolute Gasteiger partial charge is 0.658 e. The molecule has 76 heavy (non-hydrogen) atoms. The Morgan fingerprint density at radius 2 is 1.32 bits per heavy atom. The molecule has 1 aliphatic heterocycles. The molecule has 1 aliphatic carbocycles. The lowest BCUT2D eigenvalue weighted by Crippen LogP contribution is -2.61. The van der Waals surface area contributed by atoms with Crippen molar-refractivity contribution in [2.45, 2.75) is 201 Å². The van der Waals surface area contributed by atoms with Crippen LogP contribution in [-0.2, 0) is 64.1 Å². The normalized spacial score (nSPS) is 20.3. The van der Waals surface area contributed by atoms with Gasteiger partial charge < -0.3 is 59.9 Å². The molecule has 2 fully saturated rings. The van der Waals surface area contributed by atoms with E-state index in [1.807, 2.05) is 6.07 Å². The average Bonchev–Trinajstić information content (AvgIpc) is 3.91. The number of aromatic nitrogens is 4. The standard InChI is InChI=1S/C51H87N6O15PSi3/c1-37(2)57(38(3)4)73(61-7)69-45-43(34-66-76(71-74(8,9)10,72-75(11,12)13)70-42-28-24-19-17-15-14-16-18-20-25-29-42)67-50(46(45)68-51(64-32-30-62-39(5)58)65-33-31-63-40(6)59)56-36-54-44-47(52-35-53-48(44)56)55-49(60)41-26-22-21-23-27-41/h21-23,26-27,35-38,42-43,45-46,50-51H,14-20,24-25,28-34H2,1-13H3,(H,52,53,55,60)/t43-,45-,46-,50-,73?/m1/s1. The molecule has 2 aliphatic rings. The van der Waals surface area contributed by atoms with Crippen LogP contribution in [0.4, 0.5) is 5.82 Å². The second-order valence-electron chi connectivity index (χ2n) is 21.5. The van der Waals surface area contributed by atoms with Crippen molar-refractivity contribution in [1.29, 1.82) is 0 Å². The maximum atomic E-state index is 13.5. The van der Waals surface area contributed by atoms with Gasteiger partial charge in [-0.15, -0.1) is 0 Å². The van der Waals surface area contributed by atoms with Gasteiger partial charge in [0, 0.05) is 38.6 Å². The summed E-state index contributed by atoms with van der Waals surface area (Å²) in [6.07, 6.45) is 10.6. The predicted molar refractivity (Wildman–Crippen MR) is 295 cm³/mol. The second-order valence-corrected chi connectivity index (χ2v) is 34.7. The Bertz CT molecular complexity index is 2170. The van der Waals surface area contributed by atoms with Crippen LogP contribution in [0.2, 0.25) is 39.3 Å². The summed E-state index contributed by atoms with van der Waals surface area (Å²) in [5.41, 5.74) is 0.987. The summed E-state index contributed by atoms with van der Waals surface area (Å²) in [7, 11) is -9.23. The van der Waals surface area contributed by atoms with Gasteiger partial charge in [0.15, 0.2) is 39.8 Å². The number of nitrogens with zero attached hydrogens (tertiary/aromatic N) is 5. The van der Waals surface area contributed by atoms with Crippen LogP contribution in [0.25, 0.3) is 11.2 Å². The fraction of sp³-hybridized carbons (Fsp3) is 0.725. The third-order valence-electron chi connectivity index (χ3n) is 12.0. The molecule has 1 unspecified atom stereocenters. The Hall–Kier alpha value is -3.18. The zero-order valence-corrected chi connectivity index (χ0v) is 51.2. The van der Waals surface area contributed by atoms with Gasteiger partial charge in [-0.2, -0.15) is 0 Å². The molecule has 2 aromatic heterocycles. The highest BCUT2D eigenvalue weighted by molar-refractivity contribution is 7.44. The molecule has 5 atom stereocenters. The molecule has 3 heterocycles. The molecule has 21 nitrogen and oxygen atoms in total. The van der Waals surface area contributed by atoms with E-state index in [0.717, 1.165) is 38.5 Å². The molecule has 0 spiro atoms. The molecule has 0 bridgehead atoms. The number of carbonyl (C=O) groups excluding carboxylic acids is 3. The van der Waals surface area contributed by atoms with E-state index < -0.39 is 77.2 Å². The highest BCUT2D eigenvalue weighted by Crippen LogP contribution is 2.50. The van der Waals surface area contributed by atoms with Crippen LogP contribution in [0.1, 0.15) is 129 Å². The zero-order chi connectivity index (χ0) is 55.5. The summed E-state index contributed by atoms with van der Waals surface area (Å²) in [6, 6.07) is 8.73. The van der Waals surface area contributed by atoms with Crippen LogP contribution in [-0.4, -0.2) is 151 Å². The number of hydrogen-bond donors (Lipinski definition) is 1. The molecule has 1 N–H and O–H groups in total. The first-order valence-corrected chi connectivity index (χ1v) is 36.5. The monoisotopic (exact) mass is 1140 g/mol. The first kappa shape index (κ1) is 63.6. The lowest BCUT2D eigenvalue weighted by molar-refractivity contribution is -0.320. The molecule has 5 rings (SSSR count). The van der Waals surface area contributed by atoms with E-state index in [4.69, 9.17) is 59.5 Å². The summed E-state index contributed by atoms with van der Waals surface area (Å²) >= 11 is 0. The van der Waals surface area contributed by atoms with Crippen LogP contribution in [0.15, 0.2) is 43.0 Å². The molecular formula is C51H87N6O15PSi3. The van der Waals surface area contributed by atoms with E-state index >= 15 is 0 Å². The molecule has 1 saturated heterocycles. The lowest BCUT2D eigenvalue weighted by atomic mass is 10.00. The topological polar surface area (TPSA) is 221 Å². The third-order valence-corrected chi connectivity index (χ3v) is 22.1. The van der Waals surface area contributed by atoms with E-state index in [9.17, 15) is 14.4 Å². The van der Waals surface area contributed by atoms with Crippen LogP contribution < -0.4 is 5.32 Å². The number of ether oxygens (including phenoxy) is 6. The van der Waals surface area contributed by atoms with Gasteiger partial charge in [0.05, 0.1) is 32.3 Å². The summed E-state index contributed by atoms with van der Waals surface area (Å²) in [6.45, 7) is 21.4. The number of esters is 2. The van der Waals surface area contributed by atoms with Crippen LogP contribution in [0.5, 0.6) is 0 Å². The van der Waals surface area contributed by atoms with Gasteiger partial charge in [0.25, 0.3) is 20.9 Å². The Morgan fingerprint density at radius 3 is 1.83 bits per heavy atom. The van der Waals surface area contributed by atoms with E-state index in [1.54, 1.807) is 35.9 Å². The number of hydrogen-bond acceptors (Lipinski definition) is 19. The Balaban J connectivity index is 1.66. The van der Waals surface area contributed by atoms with Crippen molar-refractivity contribution >= 4 is 69.0 Å². The van der Waals surface area contributed by atoms with Gasteiger partial charge in [-0.25, -0.2) is 19.6 Å². The van der Waals surface area contributed by atoms with Crippen molar-refractivity contribution in [2.75, 3.05) is 45.5 Å². The minimum atomic E-state index is -4.05. The quantitative estimate of drug-likeness (QED) is 0.0235. The van der Waals surface area contributed by atoms with E-state index in [1.165, 1.54) is 58.6 Å². The predicted octanol–water partition coefficient (Wildman–Crippen LogP) is 10.0. The highest BCUT2D eigenvalue weighted by Gasteiger charge is 2.57. The fourth-order valence-corrected chi connectivity index (χ4v) is 19.0. The Morgan fingerprint density at radius 1 is 0.763 bits per heavy atom. The van der Waals surface area contributed by atoms with Crippen LogP contribution >= 0.6 is 8.53 Å². The number of imidazole rings is 1. The number of benzene rings is 1. The Kier molecular flexibility index (Phi) is 26.0. The van der Waals surface area contributed by atoms with E-state index in [-0.39, 0.29) is 68.5 Å². The molecular weight excluding hydrogens is 1050 g/mol. The molecule has 3 aromatic rings. The zero-order valence-electron chi connectivity index (χ0n) is 47.3. The van der Waals surface area contributed by atoms with Crippen molar-refractivity contribution in [3.05, 3.63) is 48.5 Å². The van der Waals surface area contributed by atoms with Crippen molar-refractivity contribution in [1.82, 2.24) is 24.2 Å². The minimum absolute atomic E-state index is 0.0197. The van der Waals surface area contributed by atoms with Gasteiger partial charge in [0.1, 0.15) is 37.9 Å². The summed E-state index contributed by atoms with van der Waals surface area (Å²) in [4.78, 5) is 50.9. The summed E-state index contributed by atoms with van der Waals surface area (Å²) in [5.74, 6) is -1.21. The molecule has 1 amide bonds. The number of nitrogens with one attached hydrogen (secondary N) is 1. The molecule has 25 heteroatoms. The minimum Gasteiger partial charge on any atom is -0.463 e. The smallest absolute Gasteiger partial charge is 0.463 e. The molecule has 0 radical (unpaired) electrons. The number of amides is 1. The van der Waals surface area contributed by atoms with Gasteiger partial charge in [-0.3, -0.25) is 19.0 Å². The summed E-state index contributed by atoms with van der Waals surface area (Å²) < 4.78 is 82.9. The average molecular weight is 1140 g/mol. The third kappa shape index (κ3) is 20.8. The Labute approximate surface area is 455 Å². The first-order valence-electron chi connectivity index (χ1n) is 26.9. The number of carbonyl (C=O) groups is 3.